The lowest BCUT2D eigenvalue weighted by Gasteiger charge is -2.09. The smallest absolute Gasteiger partial charge is 0.236 e. The lowest BCUT2D eigenvalue weighted by molar-refractivity contribution is -0.113. The van der Waals surface area contributed by atoms with E-state index in [1.807, 2.05) is 85.8 Å². The molecule has 2 aromatic heterocycles. The molecule has 0 atom stereocenters. The molecule has 0 bridgehead atoms. The molecule has 0 fully saturated rings. The number of carbonyl (C=O) groups is 1. The molecule has 174 valence electrons. The number of hydrogen-bond acceptors (Lipinski definition) is 8. The summed E-state index contributed by atoms with van der Waals surface area (Å²) in [4.78, 5) is 21.8. The number of nitrogens with one attached hydrogen (secondary N) is 1. The fraction of sp³-hybridized carbons (Fsp3) is 0.115. The topological polar surface area (TPSA) is 89.9 Å². The van der Waals surface area contributed by atoms with E-state index in [0.29, 0.717) is 22.6 Å². The minimum absolute atomic E-state index is 0.140. The van der Waals surface area contributed by atoms with E-state index in [-0.39, 0.29) is 11.7 Å². The van der Waals surface area contributed by atoms with Crippen LogP contribution in [0, 0.1) is 0 Å². The molecule has 9 heteroatoms. The van der Waals surface area contributed by atoms with Gasteiger partial charge < -0.3 is 10.1 Å². The number of carbonyl (C=O) groups excluding carboxylic acids is 1. The molecule has 0 unspecified atom stereocenters. The zero-order chi connectivity index (χ0) is 24.0. The summed E-state index contributed by atoms with van der Waals surface area (Å²) in [6, 6.07) is 25.4. The van der Waals surface area contributed by atoms with E-state index in [0.717, 1.165) is 32.8 Å². The average Bonchev–Trinajstić information content (AvgIpc) is 3.30. The highest BCUT2D eigenvalue weighted by molar-refractivity contribution is 7.99. The maximum Gasteiger partial charge on any atom is 0.236 e. The molecular formula is C26H21N5O2S2. The number of fused-ring (bicyclic) bond motifs is 1. The number of hydrogen-bond donors (Lipinski definition) is 1. The van der Waals surface area contributed by atoms with Crippen LogP contribution < -0.4 is 10.1 Å². The molecule has 5 aromatic rings. The number of nitrogens with zero attached hydrogens (tertiary/aromatic N) is 4. The van der Waals surface area contributed by atoms with E-state index in [9.17, 15) is 4.79 Å². The number of anilines is 1. The van der Waals surface area contributed by atoms with Crippen LogP contribution in [0.3, 0.4) is 0 Å². The van der Waals surface area contributed by atoms with Gasteiger partial charge in [-0.05, 0) is 25.1 Å². The summed E-state index contributed by atoms with van der Waals surface area (Å²) in [6.07, 6.45) is 0. The van der Waals surface area contributed by atoms with Gasteiger partial charge in [-0.2, -0.15) is 0 Å². The Kier molecular flexibility index (Phi) is 6.97. The first-order chi connectivity index (χ1) is 17.2. The highest BCUT2D eigenvalue weighted by Crippen LogP contribution is 2.31. The molecule has 1 N–H and O–H groups in total. The monoisotopic (exact) mass is 499 g/mol. The summed E-state index contributed by atoms with van der Waals surface area (Å²) in [5.74, 6) is 0.742. The summed E-state index contributed by atoms with van der Waals surface area (Å²) in [7, 11) is 0. The number of thioether (sulfide) groups is 1. The van der Waals surface area contributed by atoms with Crippen molar-refractivity contribution in [3.05, 3.63) is 78.9 Å². The molecule has 0 spiro atoms. The van der Waals surface area contributed by atoms with Crippen molar-refractivity contribution >= 4 is 44.4 Å². The van der Waals surface area contributed by atoms with Crippen molar-refractivity contribution < 1.29 is 9.53 Å². The highest BCUT2D eigenvalue weighted by atomic mass is 32.2. The Labute approximate surface area is 210 Å². The molecule has 0 aliphatic carbocycles. The van der Waals surface area contributed by atoms with Crippen LogP contribution in [0.5, 0.6) is 5.75 Å². The van der Waals surface area contributed by atoms with Crippen LogP contribution in [-0.4, -0.2) is 38.4 Å². The number of rotatable bonds is 8. The Morgan fingerprint density at radius 3 is 2.34 bits per heavy atom. The predicted octanol–water partition coefficient (Wildman–Crippen LogP) is 5.94. The lowest BCUT2D eigenvalue weighted by Crippen LogP contribution is -2.14. The first-order valence-corrected chi connectivity index (χ1v) is 12.8. The van der Waals surface area contributed by atoms with Gasteiger partial charge in [0.05, 0.1) is 22.6 Å². The van der Waals surface area contributed by atoms with Crippen molar-refractivity contribution in [3.8, 4) is 28.3 Å². The Bertz CT molecular complexity index is 1460. The van der Waals surface area contributed by atoms with E-state index in [1.165, 1.54) is 23.1 Å². The minimum Gasteiger partial charge on any atom is -0.494 e. The van der Waals surface area contributed by atoms with Gasteiger partial charge in [-0.1, -0.05) is 83.8 Å². The van der Waals surface area contributed by atoms with Gasteiger partial charge in [0.2, 0.25) is 11.1 Å². The molecule has 0 aliphatic heterocycles. The van der Waals surface area contributed by atoms with Crippen molar-refractivity contribution in [2.75, 3.05) is 17.7 Å². The maximum atomic E-state index is 12.6. The summed E-state index contributed by atoms with van der Waals surface area (Å²) < 4.78 is 6.49. The number of amides is 1. The summed E-state index contributed by atoms with van der Waals surface area (Å²) in [5.41, 5.74) is 4.12. The Morgan fingerprint density at radius 2 is 1.63 bits per heavy atom. The van der Waals surface area contributed by atoms with Gasteiger partial charge in [-0.3, -0.25) is 4.79 Å². The molecular weight excluding hydrogens is 478 g/mol. The molecule has 1 amide bonds. The van der Waals surface area contributed by atoms with Crippen LogP contribution >= 0.6 is 23.1 Å². The Hall–Kier alpha value is -3.82. The zero-order valence-corrected chi connectivity index (χ0v) is 20.5. The van der Waals surface area contributed by atoms with Crippen LogP contribution in [-0.2, 0) is 4.79 Å². The number of ether oxygens (including phenoxy) is 1. The SMILES string of the molecule is CCOc1ccc2nc(NC(=O)CSc3nnc(-c4ccccc4)c(-c4ccccc4)n3)sc2c1. The zero-order valence-electron chi connectivity index (χ0n) is 18.8. The van der Waals surface area contributed by atoms with Gasteiger partial charge >= 0.3 is 0 Å². The van der Waals surface area contributed by atoms with Crippen LogP contribution in [0.15, 0.2) is 84.0 Å². The molecule has 5 rings (SSSR count). The summed E-state index contributed by atoms with van der Waals surface area (Å²) in [6.45, 7) is 2.54. The molecule has 3 aromatic carbocycles. The molecule has 0 radical (unpaired) electrons. The van der Waals surface area contributed by atoms with Crippen LogP contribution in [0.2, 0.25) is 0 Å². The van der Waals surface area contributed by atoms with E-state index < -0.39 is 0 Å². The number of benzene rings is 3. The third kappa shape index (κ3) is 5.47. The molecule has 35 heavy (non-hydrogen) atoms. The van der Waals surface area contributed by atoms with Crippen molar-refractivity contribution in [1.82, 2.24) is 20.2 Å². The molecule has 0 saturated heterocycles. The second-order valence-electron chi connectivity index (χ2n) is 7.44. The Morgan fingerprint density at radius 1 is 0.914 bits per heavy atom. The average molecular weight is 500 g/mol. The lowest BCUT2D eigenvalue weighted by atomic mass is 10.0. The third-order valence-corrected chi connectivity index (χ3v) is 6.78. The van der Waals surface area contributed by atoms with Gasteiger partial charge in [0.1, 0.15) is 17.1 Å². The largest absolute Gasteiger partial charge is 0.494 e. The van der Waals surface area contributed by atoms with Crippen LogP contribution in [0.4, 0.5) is 5.13 Å². The third-order valence-electron chi connectivity index (χ3n) is 5.01. The standard InChI is InChI=1S/C26H21N5O2S2/c1-2-33-19-13-14-20-21(15-19)35-25(27-20)28-22(32)16-34-26-29-23(17-9-5-3-6-10-17)24(30-31-26)18-11-7-4-8-12-18/h3-15H,2,16H2,1H3,(H,27,28,32). The summed E-state index contributed by atoms with van der Waals surface area (Å²) >= 11 is 2.65. The number of thiazole rings is 1. The second kappa shape index (κ2) is 10.6. The van der Waals surface area contributed by atoms with Crippen LogP contribution in [0.25, 0.3) is 32.7 Å². The maximum absolute atomic E-state index is 12.6. The molecule has 2 heterocycles. The van der Waals surface area contributed by atoms with Gasteiger partial charge in [0.15, 0.2) is 5.13 Å². The quantitative estimate of drug-likeness (QED) is 0.264. The van der Waals surface area contributed by atoms with Gasteiger partial charge in [0, 0.05) is 11.1 Å². The van der Waals surface area contributed by atoms with Crippen molar-refractivity contribution in [3.63, 3.8) is 0 Å². The Balaban J connectivity index is 1.31. The molecule has 0 aliphatic rings. The predicted molar refractivity (Wildman–Crippen MR) is 141 cm³/mol. The molecule has 0 saturated carbocycles. The number of aromatic nitrogens is 4. The van der Waals surface area contributed by atoms with E-state index in [1.54, 1.807) is 0 Å². The van der Waals surface area contributed by atoms with Gasteiger partial charge in [-0.25, -0.2) is 9.97 Å². The minimum atomic E-state index is -0.184. The van der Waals surface area contributed by atoms with Gasteiger partial charge in [0.25, 0.3) is 0 Å². The van der Waals surface area contributed by atoms with Crippen molar-refractivity contribution in [1.29, 1.82) is 0 Å². The van der Waals surface area contributed by atoms with Crippen LogP contribution in [0.1, 0.15) is 6.92 Å². The normalized spacial score (nSPS) is 10.9. The van der Waals surface area contributed by atoms with E-state index in [4.69, 9.17) is 9.72 Å². The summed E-state index contributed by atoms with van der Waals surface area (Å²) in [5, 5.41) is 12.6. The van der Waals surface area contributed by atoms with E-state index in [2.05, 4.69) is 20.5 Å². The van der Waals surface area contributed by atoms with Crippen molar-refractivity contribution in [2.24, 2.45) is 0 Å². The molecule has 7 nitrogen and oxygen atoms in total. The van der Waals surface area contributed by atoms with Crippen molar-refractivity contribution in [2.45, 2.75) is 12.1 Å². The first-order valence-electron chi connectivity index (χ1n) is 11.0. The van der Waals surface area contributed by atoms with Gasteiger partial charge in [-0.15, -0.1) is 10.2 Å². The fourth-order valence-corrected chi connectivity index (χ4v) is 4.96. The van der Waals surface area contributed by atoms with E-state index >= 15 is 0 Å². The fourth-order valence-electron chi connectivity index (χ4n) is 3.46. The first kappa shape index (κ1) is 22.9. The highest BCUT2D eigenvalue weighted by Gasteiger charge is 2.15. The second-order valence-corrected chi connectivity index (χ2v) is 9.42.